The molecule has 0 amide bonds. The average molecular weight is 322 g/mol. The lowest BCUT2D eigenvalue weighted by Crippen LogP contribution is -2.23. The third-order valence-electron chi connectivity index (χ3n) is 2.74. The van der Waals surface area contributed by atoms with Gasteiger partial charge in [-0.2, -0.15) is 16.1 Å². The predicted octanol–water partition coefficient (Wildman–Crippen LogP) is 2.04. The molecule has 0 aromatic carbocycles. The predicted molar refractivity (Wildman–Crippen MR) is 81.1 cm³/mol. The Morgan fingerprint density at radius 3 is 3.05 bits per heavy atom. The van der Waals surface area contributed by atoms with Crippen LogP contribution in [0.2, 0.25) is 0 Å². The van der Waals surface area contributed by atoms with Crippen LogP contribution in [0.1, 0.15) is 4.88 Å². The minimum atomic E-state index is -0.658. The Labute approximate surface area is 129 Å². The number of rotatable bonds is 7. The van der Waals surface area contributed by atoms with Crippen molar-refractivity contribution in [1.82, 2.24) is 20.2 Å². The number of thiophene rings is 2. The number of tetrazole rings is 1. The van der Waals surface area contributed by atoms with Crippen LogP contribution in [0.25, 0.3) is 11.4 Å². The number of ether oxygens (including phenoxy) is 1. The first-order valence-corrected chi connectivity index (χ1v) is 8.22. The maximum absolute atomic E-state index is 9.92. The van der Waals surface area contributed by atoms with Gasteiger partial charge in [-0.15, -0.1) is 21.5 Å². The SMILES string of the molecule is O[C@H](COCc1cccs1)Cn1nnc(-c2ccsc2)n1. The van der Waals surface area contributed by atoms with Crippen molar-refractivity contribution in [2.75, 3.05) is 6.61 Å². The van der Waals surface area contributed by atoms with Gasteiger partial charge in [0, 0.05) is 15.8 Å². The smallest absolute Gasteiger partial charge is 0.205 e. The van der Waals surface area contributed by atoms with E-state index in [-0.39, 0.29) is 13.2 Å². The van der Waals surface area contributed by atoms with Crippen molar-refractivity contribution >= 4 is 22.7 Å². The van der Waals surface area contributed by atoms with Crippen LogP contribution < -0.4 is 0 Å². The number of aliphatic hydroxyl groups is 1. The molecule has 21 heavy (non-hydrogen) atoms. The van der Waals surface area contributed by atoms with Crippen molar-refractivity contribution in [3.8, 4) is 11.4 Å². The molecule has 0 saturated carbocycles. The molecule has 0 unspecified atom stereocenters. The topological polar surface area (TPSA) is 73.1 Å². The number of aliphatic hydroxyl groups excluding tert-OH is 1. The van der Waals surface area contributed by atoms with E-state index in [0.29, 0.717) is 12.4 Å². The Balaban J connectivity index is 1.47. The van der Waals surface area contributed by atoms with Gasteiger partial charge in [-0.3, -0.25) is 0 Å². The summed E-state index contributed by atoms with van der Waals surface area (Å²) < 4.78 is 5.46. The van der Waals surface area contributed by atoms with E-state index in [4.69, 9.17) is 4.74 Å². The second kappa shape index (κ2) is 6.90. The summed E-state index contributed by atoms with van der Waals surface area (Å²) in [7, 11) is 0. The van der Waals surface area contributed by atoms with Gasteiger partial charge in [0.1, 0.15) is 0 Å². The number of nitrogens with zero attached hydrogens (tertiary/aromatic N) is 4. The van der Waals surface area contributed by atoms with Gasteiger partial charge in [0.2, 0.25) is 5.82 Å². The molecule has 0 aliphatic heterocycles. The van der Waals surface area contributed by atoms with Crippen molar-refractivity contribution in [3.63, 3.8) is 0 Å². The quantitative estimate of drug-likeness (QED) is 0.720. The van der Waals surface area contributed by atoms with E-state index in [1.807, 2.05) is 34.3 Å². The molecule has 0 aliphatic rings. The molecule has 1 N–H and O–H groups in total. The monoisotopic (exact) mass is 322 g/mol. The van der Waals surface area contributed by atoms with Crippen molar-refractivity contribution in [3.05, 3.63) is 39.2 Å². The van der Waals surface area contributed by atoms with Gasteiger partial charge >= 0.3 is 0 Å². The molecule has 0 radical (unpaired) electrons. The molecule has 0 bridgehead atoms. The van der Waals surface area contributed by atoms with Crippen LogP contribution >= 0.6 is 22.7 Å². The number of hydrogen-bond acceptors (Lipinski definition) is 7. The van der Waals surface area contributed by atoms with Gasteiger partial charge in [0.25, 0.3) is 0 Å². The van der Waals surface area contributed by atoms with Crippen molar-refractivity contribution < 1.29 is 9.84 Å². The summed E-state index contributed by atoms with van der Waals surface area (Å²) in [6, 6.07) is 5.92. The summed E-state index contributed by atoms with van der Waals surface area (Å²) in [5, 5.41) is 28.0. The molecule has 3 rings (SSSR count). The minimum Gasteiger partial charge on any atom is -0.389 e. The highest BCUT2D eigenvalue weighted by Crippen LogP contribution is 2.16. The molecule has 1 atom stereocenters. The van der Waals surface area contributed by atoms with Crippen LogP contribution in [0.15, 0.2) is 34.3 Å². The van der Waals surface area contributed by atoms with E-state index < -0.39 is 6.10 Å². The van der Waals surface area contributed by atoms with E-state index in [0.717, 1.165) is 10.4 Å². The average Bonchev–Trinajstić information content (AvgIpc) is 3.21. The van der Waals surface area contributed by atoms with Gasteiger partial charge in [-0.05, 0) is 28.1 Å². The lowest BCUT2D eigenvalue weighted by molar-refractivity contribution is 0.0174. The summed E-state index contributed by atoms with van der Waals surface area (Å²) in [5.41, 5.74) is 0.940. The van der Waals surface area contributed by atoms with E-state index in [9.17, 15) is 5.11 Å². The summed E-state index contributed by atoms with van der Waals surface area (Å²) >= 11 is 3.22. The Morgan fingerprint density at radius 2 is 2.29 bits per heavy atom. The highest BCUT2D eigenvalue weighted by atomic mass is 32.1. The van der Waals surface area contributed by atoms with E-state index >= 15 is 0 Å². The summed E-state index contributed by atoms with van der Waals surface area (Å²) in [6.07, 6.45) is -0.658. The van der Waals surface area contributed by atoms with Crippen molar-refractivity contribution in [2.45, 2.75) is 19.3 Å². The maximum Gasteiger partial charge on any atom is 0.205 e. The summed E-state index contributed by atoms with van der Waals surface area (Å²) in [5.74, 6) is 0.572. The number of hydrogen-bond donors (Lipinski definition) is 1. The lowest BCUT2D eigenvalue weighted by atomic mass is 10.3. The zero-order chi connectivity index (χ0) is 14.5. The van der Waals surface area contributed by atoms with Crippen LogP contribution in [0.5, 0.6) is 0 Å². The zero-order valence-electron chi connectivity index (χ0n) is 11.1. The molecular weight excluding hydrogens is 308 g/mol. The highest BCUT2D eigenvalue weighted by molar-refractivity contribution is 7.09. The molecule has 0 spiro atoms. The van der Waals surface area contributed by atoms with Crippen LogP contribution in [-0.2, 0) is 17.9 Å². The van der Waals surface area contributed by atoms with Gasteiger partial charge in [-0.25, -0.2) is 0 Å². The first-order valence-electron chi connectivity index (χ1n) is 6.40. The van der Waals surface area contributed by atoms with Crippen LogP contribution in [0.4, 0.5) is 0 Å². The fourth-order valence-corrected chi connectivity index (χ4v) is 3.03. The molecule has 6 nitrogen and oxygen atoms in total. The minimum absolute atomic E-state index is 0.243. The lowest BCUT2D eigenvalue weighted by Gasteiger charge is -2.09. The maximum atomic E-state index is 9.92. The largest absolute Gasteiger partial charge is 0.389 e. The van der Waals surface area contributed by atoms with Crippen LogP contribution in [-0.4, -0.2) is 38.0 Å². The van der Waals surface area contributed by atoms with Gasteiger partial charge in [-0.1, -0.05) is 6.07 Å². The molecular formula is C13H14N4O2S2. The second-order valence-corrected chi connectivity index (χ2v) is 6.24. The third kappa shape index (κ3) is 3.94. The van der Waals surface area contributed by atoms with Gasteiger partial charge in [0.15, 0.2) is 0 Å². The molecule has 3 aromatic rings. The van der Waals surface area contributed by atoms with Crippen LogP contribution in [0, 0.1) is 0 Å². The summed E-state index contributed by atoms with van der Waals surface area (Å²) in [6.45, 7) is 1.02. The zero-order valence-corrected chi connectivity index (χ0v) is 12.8. The van der Waals surface area contributed by atoms with E-state index in [1.54, 1.807) is 22.7 Å². The van der Waals surface area contributed by atoms with E-state index in [2.05, 4.69) is 15.4 Å². The molecule has 8 heteroatoms. The summed E-state index contributed by atoms with van der Waals surface area (Å²) in [4.78, 5) is 2.53. The highest BCUT2D eigenvalue weighted by Gasteiger charge is 2.11. The number of aromatic nitrogens is 4. The third-order valence-corrected chi connectivity index (χ3v) is 4.27. The van der Waals surface area contributed by atoms with Gasteiger partial charge < -0.3 is 9.84 Å². The molecule has 110 valence electrons. The van der Waals surface area contributed by atoms with E-state index in [1.165, 1.54) is 4.80 Å². The molecule has 0 aliphatic carbocycles. The van der Waals surface area contributed by atoms with Crippen LogP contribution in [0.3, 0.4) is 0 Å². The Morgan fingerprint density at radius 1 is 1.33 bits per heavy atom. The normalized spacial score (nSPS) is 12.6. The second-order valence-electron chi connectivity index (χ2n) is 4.43. The molecule has 0 saturated heterocycles. The standard InChI is InChI=1S/C13H14N4O2S2/c18-11(7-19-8-12-2-1-4-21-12)6-17-15-13(14-16-17)10-3-5-20-9-10/h1-5,9,11,18H,6-8H2/t11-/m0/s1. The Hall–Kier alpha value is -1.61. The Bertz CT molecular complexity index is 652. The van der Waals surface area contributed by atoms with Crippen molar-refractivity contribution in [1.29, 1.82) is 0 Å². The molecule has 0 fully saturated rings. The van der Waals surface area contributed by atoms with Crippen molar-refractivity contribution in [2.24, 2.45) is 0 Å². The first kappa shape index (κ1) is 14.3. The molecule has 3 aromatic heterocycles. The van der Waals surface area contributed by atoms with Gasteiger partial charge in [0.05, 0.1) is 25.9 Å². The Kier molecular flexibility index (Phi) is 4.71. The fraction of sp³-hybridized carbons (Fsp3) is 0.308. The first-order chi connectivity index (χ1) is 10.3. The fourth-order valence-electron chi connectivity index (χ4n) is 1.76. The molecule has 3 heterocycles.